The number of ether oxygens (including phenoxy) is 2. The van der Waals surface area contributed by atoms with Crippen LogP contribution in [0, 0.1) is 5.82 Å². The normalized spacial score (nSPS) is 10.6. The molecular formula is C17H15FN2O2S. The largest absolute Gasteiger partial charge is 0.497 e. The lowest BCUT2D eigenvalue weighted by molar-refractivity contribution is 0.395. The average molecular weight is 330 g/mol. The molecule has 0 saturated heterocycles. The van der Waals surface area contributed by atoms with E-state index in [1.54, 1.807) is 32.5 Å². The smallest absolute Gasteiger partial charge is 0.131 e. The van der Waals surface area contributed by atoms with Crippen LogP contribution >= 0.6 is 11.8 Å². The number of H-pyrrole nitrogens is 1. The van der Waals surface area contributed by atoms with Crippen molar-refractivity contribution in [2.24, 2.45) is 0 Å². The van der Waals surface area contributed by atoms with Gasteiger partial charge in [0.15, 0.2) is 0 Å². The summed E-state index contributed by atoms with van der Waals surface area (Å²) in [5, 5.41) is 7.12. The van der Waals surface area contributed by atoms with Crippen LogP contribution in [0.3, 0.4) is 0 Å². The Morgan fingerprint density at radius 1 is 1.04 bits per heavy atom. The van der Waals surface area contributed by atoms with Gasteiger partial charge in [0.2, 0.25) is 0 Å². The molecule has 0 bridgehead atoms. The summed E-state index contributed by atoms with van der Waals surface area (Å²) >= 11 is 1.51. The van der Waals surface area contributed by atoms with Gasteiger partial charge in [0.1, 0.15) is 17.3 Å². The zero-order valence-corrected chi connectivity index (χ0v) is 13.5. The number of nitrogens with one attached hydrogen (secondary N) is 1. The minimum absolute atomic E-state index is 0.251. The monoisotopic (exact) mass is 330 g/mol. The molecule has 0 saturated carbocycles. The number of aromatic nitrogens is 2. The van der Waals surface area contributed by atoms with E-state index < -0.39 is 0 Å². The standard InChI is InChI=1S/C17H15FN2O2S/c1-21-12-5-8-14(15(9-12)22-2)17-16(10-19-20-17)23-13-6-3-11(18)4-7-13/h3-10H,1-2H3,(H,19,20). The number of benzene rings is 2. The van der Waals surface area contributed by atoms with Crippen LogP contribution in [0.15, 0.2) is 58.5 Å². The first-order chi connectivity index (χ1) is 11.2. The van der Waals surface area contributed by atoms with Crippen LogP contribution in [0.4, 0.5) is 4.39 Å². The first-order valence-electron chi connectivity index (χ1n) is 6.90. The molecule has 2 aromatic carbocycles. The molecule has 6 heteroatoms. The highest BCUT2D eigenvalue weighted by Gasteiger charge is 2.14. The zero-order chi connectivity index (χ0) is 16.2. The molecule has 23 heavy (non-hydrogen) atoms. The minimum Gasteiger partial charge on any atom is -0.497 e. The highest BCUT2D eigenvalue weighted by Crippen LogP contribution is 2.39. The average Bonchev–Trinajstić information content (AvgIpc) is 3.04. The fourth-order valence-corrected chi connectivity index (χ4v) is 3.07. The van der Waals surface area contributed by atoms with E-state index in [0.29, 0.717) is 5.75 Å². The van der Waals surface area contributed by atoms with Gasteiger partial charge in [-0.25, -0.2) is 4.39 Å². The van der Waals surface area contributed by atoms with Gasteiger partial charge in [0.25, 0.3) is 0 Å². The van der Waals surface area contributed by atoms with Gasteiger partial charge in [-0.2, -0.15) is 5.10 Å². The van der Waals surface area contributed by atoms with E-state index >= 15 is 0 Å². The number of hydrogen-bond donors (Lipinski definition) is 1. The second-order valence-electron chi connectivity index (χ2n) is 4.73. The molecule has 0 atom stereocenters. The van der Waals surface area contributed by atoms with E-state index in [0.717, 1.165) is 26.8 Å². The van der Waals surface area contributed by atoms with Gasteiger partial charge in [-0.15, -0.1) is 0 Å². The number of nitrogens with zero attached hydrogens (tertiary/aromatic N) is 1. The molecular weight excluding hydrogens is 315 g/mol. The van der Waals surface area contributed by atoms with Crippen LogP contribution in [-0.4, -0.2) is 24.4 Å². The number of rotatable bonds is 5. The van der Waals surface area contributed by atoms with E-state index in [4.69, 9.17) is 9.47 Å². The topological polar surface area (TPSA) is 47.1 Å². The fourth-order valence-electron chi connectivity index (χ4n) is 2.18. The molecule has 4 nitrogen and oxygen atoms in total. The molecule has 0 amide bonds. The van der Waals surface area contributed by atoms with Crippen LogP contribution in [-0.2, 0) is 0 Å². The summed E-state index contributed by atoms with van der Waals surface area (Å²) < 4.78 is 23.7. The number of aromatic amines is 1. The van der Waals surface area contributed by atoms with Crippen LogP contribution in [0.1, 0.15) is 0 Å². The molecule has 1 aromatic heterocycles. The molecule has 0 aliphatic rings. The maximum atomic E-state index is 13.0. The Hall–Kier alpha value is -2.47. The van der Waals surface area contributed by atoms with Crippen molar-refractivity contribution in [2.75, 3.05) is 14.2 Å². The summed E-state index contributed by atoms with van der Waals surface area (Å²) in [5.41, 5.74) is 1.73. The highest BCUT2D eigenvalue weighted by atomic mass is 32.2. The fraction of sp³-hybridized carbons (Fsp3) is 0.118. The van der Waals surface area contributed by atoms with E-state index in [9.17, 15) is 4.39 Å². The summed E-state index contributed by atoms with van der Waals surface area (Å²) in [5.74, 6) is 1.16. The van der Waals surface area contributed by atoms with E-state index in [-0.39, 0.29) is 5.82 Å². The molecule has 0 radical (unpaired) electrons. The maximum Gasteiger partial charge on any atom is 0.131 e. The summed E-state index contributed by atoms with van der Waals surface area (Å²) in [4.78, 5) is 1.86. The van der Waals surface area contributed by atoms with Crippen LogP contribution in [0.2, 0.25) is 0 Å². The van der Waals surface area contributed by atoms with Crippen LogP contribution < -0.4 is 9.47 Å². The Morgan fingerprint density at radius 2 is 1.83 bits per heavy atom. The molecule has 3 aromatic rings. The highest BCUT2D eigenvalue weighted by molar-refractivity contribution is 7.99. The third-order valence-corrected chi connectivity index (χ3v) is 4.36. The summed E-state index contributed by atoms with van der Waals surface area (Å²) in [6.07, 6.45) is 1.74. The molecule has 0 unspecified atom stereocenters. The third kappa shape index (κ3) is 3.32. The number of hydrogen-bond acceptors (Lipinski definition) is 4. The molecule has 0 spiro atoms. The van der Waals surface area contributed by atoms with E-state index in [2.05, 4.69) is 10.2 Å². The Bertz CT molecular complexity index is 803. The number of methoxy groups -OCH3 is 2. The minimum atomic E-state index is -0.251. The molecule has 118 valence electrons. The van der Waals surface area contributed by atoms with Gasteiger partial charge in [-0.3, -0.25) is 5.10 Å². The van der Waals surface area contributed by atoms with Crippen molar-refractivity contribution in [1.82, 2.24) is 10.2 Å². The Balaban J connectivity index is 1.96. The van der Waals surface area contributed by atoms with Crippen LogP contribution in [0.5, 0.6) is 11.5 Å². The van der Waals surface area contributed by atoms with E-state index in [1.807, 2.05) is 18.2 Å². The van der Waals surface area contributed by atoms with Gasteiger partial charge in [-0.05, 0) is 36.4 Å². The van der Waals surface area contributed by atoms with Gasteiger partial charge >= 0.3 is 0 Å². The first kappa shape index (κ1) is 15.4. The number of halogens is 1. The summed E-state index contributed by atoms with van der Waals surface area (Å²) in [6, 6.07) is 12.0. The van der Waals surface area contributed by atoms with Gasteiger partial charge < -0.3 is 9.47 Å². The molecule has 1 N–H and O–H groups in total. The van der Waals surface area contributed by atoms with Crippen molar-refractivity contribution in [1.29, 1.82) is 0 Å². The van der Waals surface area contributed by atoms with Crippen molar-refractivity contribution in [2.45, 2.75) is 9.79 Å². The lowest BCUT2D eigenvalue weighted by atomic mass is 10.1. The third-order valence-electron chi connectivity index (χ3n) is 3.32. The van der Waals surface area contributed by atoms with E-state index in [1.165, 1.54) is 23.9 Å². The molecule has 0 aliphatic carbocycles. The lowest BCUT2D eigenvalue weighted by Crippen LogP contribution is -1.91. The summed E-state index contributed by atoms with van der Waals surface area (Å²) in [6.45, 7) is 0. The van der Waals surface area contributed by atoms with Crippen molar-refractivity contribution in [3.8, 4) is 22.8 Å². The Kier molecular flexibility index (Phi) is 4.52. The van der Waals surface area contributed by atoms with Crippen molar-refractivity contribution < 1.29 is 13.9 Å². The molecule has 0 fully saturated rings. The SMILES string of the molecule is COc1ccc(-c2[nH]ncc2Sc2ccc(F)cc2)c(OC)c1. The van der Waals surface area contributed by atoms with Crippen LogP contribution in [0.25, 0.3) is 11.3 Å². The predicted octanol–water partition coefficient (Wildman–Crippen LogP) is 4.38. The van der Waals surface area contributed by atoms with Crippen molar-refractivity contribution in [3.05, 3.63) is 54.5 Å². The predicted molar refractivity (Wildman–Crippen MR) is 87.7 cm³/mol. The van der Waals surface area contributed by atoms with Crippen molar-refractivity contribution in [3.63, 3.8) is 0 Å². The van der Waals surface area contributed by atoms with Gasteiger partial charge in [0.05, 0.1) is 31.0 Å². The second-order valence-corrected chi connectivity index (χ2v) is 5.85. The van der Waals surface area contributed by atoms with Gasteiger partial charge in [-0.1, -0.05) is 11.8 Å². The second kappa shape index (κ2) is 6.75. The zero-order valence-electron chi connectivity index (χ0n) is 12.7. The molecule has 3 rings (SSSR count). The Morgan fingerprint density at radius 3 is 2.52 bits per heavy atom. The Labute approximate surface area is 137 Å². The molecule has 1 heterocycles. The quantitative estimate of drug-likeness (QED) is 0.754. The molecule has 0 aliphatic heterocycles. The van der Waals surface area contributed by atoms with Crippen molar-refractivity contribution >= 4 is 11.8 Å². The van der Waals surface area contributed by atoms with Gasteiger partial charge in [0, 0.05) is 16.5 Å². The maximum absolute atomic E-state index is 13.0. The first-order valence-corrected chi connectivity index (χ1v) is 7.72. The lowest BCUT2D eigenvalue weighted by Gasteiger charge is -2.10. The summed E-state index contributed by atoms with van der Waals surface area (Å²) in [7, 11) is 3.22.